The molecule has 0 aliphatic rings. The van der Waals surface area contributed by atoms with Gasteiger partial charge < -0.3 is 5.11 Å². The summed E-state index contributed by atoms with van der Waals surface area (Å²) in [5.41, 5.74) is 0.136. The Hall–Kier alpha value is -1.32. The fourth-order valence-corrected chi connectivity index (χ4v) is 0.825. The van der Waals surface area contributed by atoms with E-state index in [2.05, 4.69) is 9.97 Å². The Balaban J connectivity index is 3.20. The molecule has 0 bridgehead atoms. The van der Waals surface area contributed by atoms with E-state index >= 15 is 0 Å². The SMILES string of the molecule is CC(C)c1ncc(=O)[nH]c1O. The van der Waals surface area contributed by atoms with Gasteiger partial charge in [-0.25, -0.2) is 4.98 Å². The highest BCUT2D eigenvalue weighted by molar-refractivity contribution is 5.18. The van der Waals surface area contributed by atoms with E-state index in [0.29, 0.717) is 5.69 Å². The van der Waals surface area contributed by atoms with Crippen LogP contribution in [0, 0.1) is 0 Å². The zero-order valence-electron chi connectivity index (χ0n) is 6.46. The van der Waals surface area contributed by atoms with Crippen molar-refractivity contribution in [3.05, 3.63) is 22.2 Å². The van der Waals surface area contributed by atoms with Crippen LogP contribution >= 0.6 is 0 Å². The summed E-state index contributed by atoms with van der Waals surface area (Å²) in [6.45, 7) is 3.78. The van der Waals surface area contributed by atoms with Gasteiger partial charge in [-0.05, 0) is 0 Å². The smallest absolute Gasteiger partial charge is 0.269 e. The molecule has 0 aromatic carbocycles. The van der Waals surface area contributed by atoms with Crippen molar-refractivity contribution < 1.29 is 5.11 Å². The molecule has 0 unspecified atom stereocenters. The number of H-pyrrole nitrogens is 1. The van der Waals surface area contributed by atoms with Crippen LogP contribution in [-0.4, -0.2) is 15.1 Å². The monoisotopic (exact) mass is 154 g/mol. The second-order valence-electron chi connectivity index (χ2n) is 2.64. The van der Waals surface area contributed by atoms with Crippen LogP contribution in [-0.2, 0) is 0 Å². The molecule has 11 heavy (non-hydrogen) atoms. The first-order valence-corrected chi connectivity index (χ1v) is 3.39. The van der Waals surface area contributed by atoms with Crippen LogP contribution in [0.1, 0.15) is 25.5 Å². The minimum absolute atomic E-state index is 0.117. The lowest BCUT2D eigenvalue weighted by molar-refractivity contribution is 0.435. The molecule has 1 rings (SSSR count). The average Bonchev–Trinajstić information content (AvgIpc) is 1.85. The number of aromatic hydroxyl groups is 1. The van der Waals surface area contributed by atoms with Gasteiger partial charge in [0.15, 0.2) is 0 Å². The predicted molar refractivity (Wildman–Crippen MR) is 40.6 cm³/mol. The zero-order chi connectivity index (χ0) is 8.43. The Labute approximate surface area is 63.9 Å². The van der Waals surface area contributed by atoms with E-state index in [9.17, 15) is 4.79 Å². The summed E-state index contributed by atoms with van der Waals surface area (Å²) in [5.74, 6) is -0.0145. The molecule has 0 saturated heterocycles. The van der Waals surface area contributed by atoms with Crippen molar-refractivity contribution in [3.63, 3.8) is 0 Å². The van der Waals surface area contributed by atoms with Crippen LogP contribution in [0.2, 0.25) is 0 Å². The van der Waals surface area contributed by atoms with E-state index in [-0.39, 0.29) is 17.4 Å². The maximum atomic E-state index is 10.6. The number of aromatic nitrogens is 2. The molecule has 0 amide bonds. The van der Waals surface area contributed by atoms with Gasteiger partial charge in [0.2, 0.25) is 5.88 Å². The normalized spacial score (nSPS) is 10.5. The highest BCUT2D eigenvalue weighted by atomic mass is 16.3. The Bertz CT molecular complexity index is 304. The summed E-state index contributed by atoms with van der Waals surface area (Å²) in [5, 5.41) is 9.14. The average molecular weight is 154 g/mol. The van der Waals surface area contributed by atoms with Gasteiger partial charge >= 0.3 is 0 Å². The quantitative estimate of drug-likeness (QED) is 0.622. The fourth-order valence-electron chi connectivity index (χ4n) is 0.825. The van der Waals surface area contributed by atoms with Gasteiger partial charge in [0, 0.05) is 5.92 Å². The van der Waals surface area contributed by atoms with Gasteiger partial charge in [0.1, 0.15) is 5.69 Å². The second-order valence-corrected chi connectivity index (χ2v) is 2.64. The Morgan fingerprint density at radius 1 is 1.64 bits per heavy atom. The molecule has 2 N–H and O–H groups in total. The maximum absolute atomic E-state index is 10.6. The number of aromatic amines is 1. The lowest BCUT2D eigenvalue weighted by atomic mass is 10.1. The molecular formula is C7H10N2O2. The second kappa shape index (κ2) is 2.74. The lowest BCUT2D eigenvalue weighted by Crippen LogP contribution is -2.08. The molecule has 60 valence electrons. The van der Waals surface area contributed by atoms with Crippen molar-refractivity contribution in [1.29, 1.82) is 0 Å². The summed E-state index contributed by atoms with van der Waals surface area (Å²) in [6.07, 6.45) is 1.16. The molecule has 4 nitrogen and oxygen atoms in total. The number of nitrogens with one attached hydrogen (secondary N) is 1. The van der Waals surface area contributed by atoms with Crippen LogP contribution in [0.4, 0.5) is 0 Å². The first kappa shape index (κ1) is 7.78. The summed E-state index contributed by atoms with van der Waals surface area (Å²) < 4.78 is 0. The topological polar surface area (TPSA) is 66.0 Å². The van der Waals surface area contributed by atoms with Crippen LogP contribution in [0.3, 0.4) is 0 Å². The summed E-state index contributed by atoms with van der Waals surface area (Å²) in [6, 6.07) is 0. The van der Waals surface area contributed by atoms with E-state index in [1.54, 1.807) is 0 Å². The summed E-state index contributed by atoms with van der Waals surface area (Å²) in [4.78, 5) is 16.6. The Kier molecular flexibility index (Phi) is 1.94. The van der Waals surface area contributed by atoms with Gasteiger partial charge in [-0.1, -0.05) is 13.8 Å². The van der Waals surface area contributed by atoms with Gasteiger partial charge in [-0.15, -0.1) is 0 Å². The minimum Gasteiger partial charge on any atom is -0.493 e. The van der Waals surface area contributed by atoms with E-state index in [1.165, 1.54) is 0 Å². The molecule has 4 heteroatoms. The van der Waals surface area contributed by atoms with E-state index < -0.39 is 0 Å². The fraction of sp³-hybridized carbons (Fsp3) is 0.429. The van der Waals surface area contributed by atoms with Gasteiger partial charge in [-0.2, -0.15) is 0 Å². The molecule has 1 heterocycles. The van der Waals surface area contributed by atoms with Crippen LogP contribution < -0.4 is 5.56 Å². The van der Waals surface area contributed by atoms with Crippen molar-refractivity contribution in [3.8, 4) is 5.88 Å². The minimum atomic E-state index is -0.382. The molecule has 0 saturated carbocycles. The third kappa shape index (κ3) is 1.58. The number of rotatable bonds is 1. The third-order valence-corrected chi connectivity index (χ3v) is 1.35. The first-order valence-electron chi connectivity index (χ1n) is 3.39. The molecule has 0 aliphatic carbocycles. The van der Waals surface area contributed by atoms with Crippen molar-refractivity contribution >= 4 is 0 Å². The van der Waals surface area contributed by atoms with Crippen molar-refractivity contribution in [1.82, 2.24) is 9.97 Å². The largest absolute Gasteiger partial charge is 0.493 e. The molecule has 1 aromatic rings. The van der Waals surface area contributed by atoms with E-state index in [1.807, 2.05) is 13.8 Å². The van der Waals surface area contributed by atoms with E-state index in [4.69, 9.17) is 5.11 Å². The Morgan fingerprint density at radius 3 is 2.73 bits per heavy atom. The number of nitrogens with zero attached hydrogens (tertiary/aromatic N) is 1. The third-order valence-electron chi connectivity index (χ3n) is 1.35. The van der Waals surface area contributed by atoms with Crippen LogP contribution in [0.15, 0.2) is 11.0 Å². The van der Waals surface area contributed by atoms with Crippen molar-refractivity contribution in [2.45, 2.75) is 19.8 Å². The highest BCUT2D eigenvalue weighted by Crippen LogP contribution is 2.17. The molecule has 0 fully saturated rings. The summed E-state index contributed by atoms with van der Waals surface area (Å²) in [7, 11) is 0. The number of hydrogen-bond donors (Lipinski definition) is 2. The summed E-state index contributed by atoms with van der Waals surface area (Å²) >= 11 is 0. The van der Waals surface area contributed by atoms with Gasteiger partial charge in [0.25, 0.3) is 5.56 Å². The first-order chi connectivity index (χ1) is 5.11. The van der Waals surface area contributed by atoms with Gasteiger partial charge in [-0.3, -0.25) is 9.78 Å². The maximum Gasteiger partial charge on any atom is 0.269 e. The van der Waals surface area contributed by atoms with Crippen molar-refractivity contribution in [2.24, 2.45) is 0 Å². The molecular weight excluding hydrogens is 144 g/mol. The predicted octanol–water partition coefficient (Wildman–Crippen LogP) is 0.599. The highest BCUT2D eigenvalue weighted by Gasteiger charge is 2.06. The number of hydrogen-bond acceptors (Lipinski definition) is 3. The molecule has 0 aliphatic heterocycles. The lowest BCUT2D eigenvalue weighted by Gasteiger charge is -2.03. The van der Waals surface area contributed by atoms with Crippen LogP contribution in [0.25, 0.3) is 0 Å². The molecule has 0 radical (unpaired) electrons. The molecule has 0 spiro atoms. The van der Waals surface area contributed by atoms with E-state index in [0.717, 1.165) is 6.20 Å². The zero-order valence-corrected chi connectivity index (χ0v) is 6.46. The van der Waals surface area contributed by atoms with Crippen molar-refractivity contribution in [2.75, 3.05) is 0 Å². The Morgan fingerprint density at radius 2 is 2.27 bits per heavy atom. The molecule has 1 aromatic heterocycles. The van der Waals surface area contributed by atoms with Crippen LogP contribution in [0.5, 0.6) is 5.88 Å². The molecule has 0 atom stereocenters. The van der Waals surface area contributed by atoms with Gasteiger partial charge in [0.05, 0.1) is 6.20 Å². The standard InChI is InChI=1S/C7H10N2O2/c1-4(2)6-7(11)9-5(10)3-8-6/h3-4H,1-2H3,(H2,9,10,11).